The third-order valence-electron chi connectivity index (χ3n) is 16.9. The Balaban J connectivity index is 0.859. The van der Waals surface area contributed by atoms with Gasteiger partial charge in [0.2, 0.25) is 0 Å². The molecule has 490 valence electrons. The number of aliphatic hydroxyl groups is 9. The number of rotatable bonds is 27. The molecule has 4 heterocycles. The Kier molecular flexibility index (Phi) is 23.5. The Labute approximate surface area is 533 Å². The van der Waals surface area contributed by atoms with Gasteiger partial charge in [-0.25, -0.2) is 0 Å². The second-order valence-electron chi connectivity index (χ2n) is 23.3. The van der Waals surface area contributed by atoms with E-state index in [9.17, 15) is 46.0 Å². The number of hydrogen-bond acceptors (Lipinski definition) is 21. The Morgan fingerprint density at radius 2 is 0.511 bits per heavy atom. The van der Waals surface area contributed by atoms with E-state index in [1.165, 1.54) is 0 Å². The molecule has 0 aliphatic carbocycles. The molecule has 0 amide bonds. The largest absolute Gasteiger partial charge is 0.387 e. The van der Waals surface area contributed by atoms with E-state index in [0.29, 0.717) is 16.7 Å². The van der Waals surface area contributed by atoms with Crippen molar-refractivity contribution < 1.29 is 103 Å². The first kappa shape index (κ1) is 67.1. The summed E-state index contributed by atoms with van der Waals surface area (Å²) >= 11 is 0. The zero-order chi connectivity index (χ0) is 64.0. The minimum absolute atomic E-state index is 0.0451. The number of ether oxygens (including phenoxy) is 12. The first-order valence-electron chi connectivity index (χ1n) is 30.9. The van der Waals surface area contributed by atoms with Gasteiger partial charge in [-0.2, -0.15) is 0 Å². The molecule has 20 atom stereocenters. The smallest absolute Gasteiger partial charge is 0.187 e. The monoisotopic (exact) mass is 1270 g/mol. The highest BCUT2D eigenvalue weighted by Gasteiger charge is 2.57. The van der Waals surface area contributed by atoms with E-state index in [-0.39, 0.29) is 52.9 Å². The van der Waals surface area contributed by atoms with Crippen LogP contribution in [0.2, 0.25) is 0 Å². The fourth-order valence-electron chi connectivity index (χ4n) is 12.0. The highest BCUT2D eigenvalue weighted by molar-refractivity contribution is 5.47. The van der Waals surface area contributed by atoms with Crippen LogP contribution in [0.1, 0.15) is 38.9 Å². The molecular formula is C71H80O21. The molecule has 7 aromatic carbocycles. The first-order valence-corrected chi connectivity index (χ1v) is 30.9. The van der Waals surface area contributed by atoms with Crippen molar-refractivity contribution in [1.29, 1.82) is 0 Å². The van der Waals surface area contributed by atoms with E-state index >= 15 is 0 Å². The molecular weight excluding hydrogens is 1190 g/mol. The van der Waals surface area contributed by atoms with E-state index in [4.69, 9.17) is 56.8 Å². The summed E-state index contributed by atoms with van der Waals surface area (Å²) < 4.78 is 76.3. The molecule has 4 aliphatic rings. The summed E-state index contributed by atoms with van der Waals surface area (Å²) in [6, 6.07) is 65.4. The maximum absolute atomic E-state index is 12.6. The molecule has 0 spiro atoms. The summed E-state index contributed by atoms with van der Waals surface area (Å²) in [5.74, 6) is 0. The minimum Gasteiger partial charge on any atom is -0.387 e. The van der Waals surface area contributed by atoms with E-state index < -0.39 is 128 Å². The van der Waals surface area contributed by atoms with Crippen molar-refractivity contribution in [2.24, 2.45) is 0 Å². The van der Waals surface area contributed by atoms with Crippen LogP contribution in [0.15, 0.2) is 212 Å². The zero-order valence-electron chi connectivity index (χ0n) is 50.3. The van der Waals surface area contributed by atoms with Gasteiger partial charge in [-0.15, -0.1) is 0 Å². The molecule has 21 nitrogen and oxygen atoms in total. The number of benzene rings is 7. The van der Waals surface area contributed by atoms with E-state index in [1.807, 2.05) is 212 Å². The summed E-state index contributed by atoms with van der Waals surface area (Å²) in [5.41, 5.74) is 3.93. The van der Waals surface area contributed by atoms with Gasteiger partial charge in [0.05, 0.1) is 52.9 Å². The first-order chi connectivity index (χ1) is 44.9. The average molecular weight is 1270 g/mol. The van der Waals surface area contributed by atoms with Crippen molar-refractivity contribution in [2.45, 2.75) is 155 Å². The fraction of sp³-hybridized carbons (Fsp3) is 0.408. The lowest BCUT2D eigenvalue weighted by atomic mass is 9.79. The van der Waals surface area contributed by atoms with Crippen molar-refractivity contribution in [3.8, 4) is 0 Å². The topological polar surface area (TPSA) is 293 Å². The van der Waals surface area contributed by atoms with Crippen molar-refractivity contribution >= 4 is 0 Å². The van der Waals surface area contributed by atoms with Crippen LogP contribution in [0.5, 0.6) is 0 Å². The van der Waals surface area contributed by atoms with E-state index in [0.717, 1.165) is 22.3 Å². The number of hydrogen-bond donors (Lipinski definition) is 9. The van der Waals surface area contributed by atoms with Gasteiger partial charge < -0.3 is 103 Å². The van der Waals surface area contributed by atoms with Gasteiger partial charge in [-0.05, 0) is 38.9 Å². The molecule has 4 aliphatic heterocycles. The van der Waals surface area contributed by atoms with Gasteiger partial charge in [-0.3, -0.25) is 0 Å². The summed E-state index contributed by atoms with van der Waals surface area (Å²) in [6.45, 7) is -0.810. The minimum atomic E-state index is -2.01. The van der Waals surface area contributed by atoms with Crippen LogP contribution in [-0.4, -0.2) is 195 Å². The molecule has 9 N–H and O–H groups in total. The maximum atomic E-state index is 12.6. The highest BCUT2D eigenvalue weighted by atomic mass is 16.8. The van der Waals surface area contributed by atoms with Gasteiger partial charge in [-0.1, -0.05) is 212 Å². The fourth-order valence-corrected chi connectivity index (χ4v) is 12.0. The van der Waals surface area contributed by atoms with Gasteiger partial charge in [0.1, 0.15) is 103 Å². The molecule has 0 saturated carbocycles. The van der Waals surface area contributed by atoms with Crippen LogP contribution in [-0.2, 0) is 88.9 Å². The zero-order valence-corrected chi connectivity index (χ0v) is 50.3. The van der Waals surface area contributed by atoms with Crippen molar-refractivity contribution in [2.75, 3.05) is 26.4 Å². The summed E-state index contributed by atoms with van der Waals surface area (Å²) in [5, 5.41) is 106. The van der Waals surface area contributed by atoms with Crippen molar-refractivity contribution in [3.05, 3.63) is 251 Å². The SMILES string of the molecule is O[C@@H]1[C@@H](O[C@H]2[C@H](O)[C@H](O)[C@@H](O[C@H]3[C@H](O)[C@H](O)[C@@H](O)O[C@@H]3COCc3ccccc3)O[C@@H]2COCc2ccccc2)O[C@H](COCc2ccccc2)[C@@H](O[C@H]2O[C@H](COCc3ccccc3)[C@@H](OC(c3ccccc3)(c3ccccc3)c3ccccc3)[C@H](O)[C@@H]2O)[C@@H]1O. The summed E-state index contributed by atoms with van der Waals surface area (Å²) in [7, 11) is 0. The molecule has 0 radical (unpaired) electrons. The molecule has 92 heavy (non-hydrogen) atoms. The Hall–Kier alpha value is -6.30. The van der Waals surface area contributed by atoms with E-state index in [2.05, 4.69) is 0 Å². The lowest BCUT2D eigenvalue weighted by Crippen LogP contribution is -2.68. The van der Waals surface area contributed by atoms with Gasteiger partial charge in [0.15, 0.2) is 25.2 Å². The van der Waals surface area contributed by atoms with Crippen LogP contribution in [0, 0.1) is 0 Å². The molecule has 0 aromatic heterocycles. The maximum Gasteiger partial charge on any atom is 0.187 e. The van der Waals surface area contributed by atoms with Crippen LogP contribution in [0.25, 0.3) is 0 Å². The Morgan fingerprint density at radius 3 is 0.804 bits per heavy atom. The van der Waals surface area contributed by atoms with Crippen LogP contribution >= 0.6 is 0 Å². The molecule has 0 bridgehead atoms. The standard InChI is InChI=1S/C71H80O21/c72-55-59(76)67(80)85-51(40-81-36-44-22-8-1-9-23-44)63(55)89-68-60(77)56(73)64(52(86-68)41-82-37-45-24-10-2-11-25-45)90-69-61(78)57(74)65(53(87-69)42-83-38-46-26-12-3-13-27-46)91-70-62(79)58(75)66(54(88-70)43-84-39-47-28-14-4-15-29-47)92-71(48-30-16-5-17-31-48,49-32-18-6-19-33-49)50-34-20-7-21-35-50/h1-35,51-70,72-80H,36-43H2/t51-,52-,53-,54-,55-,56-,57-,58-,59+,60+,61+,62+,63-,64-,65-,66-,67+,68-,69-,70-/m1/s1. The molecule has 7 aromatic rings. The lowest BCUT2D eigenvalue weighted by Gasteiger charge is -2.50. The van der Waals surface area contributed by atoms with Crippen LogP contribution in [0.4, 0.5) is 0 Å². The average Bonchev–Trinajstić information content (AvgIpc) is 0.766. The predicted octanol–water partition coefficient (Wildman–Crippen LogP) is 4.17. The highest BCUT2D eigenvalue weighted by Crippen LogP contribution is 2.44. The summed E-state index contributed by atoms with van der Waals surface area (Å²) in [4.78, 5) is 0. The lowest BCUT2D eigenvalue weighted by molar-refractivity contribution is -0.390. The van der Waals surface area contributed by atoms with Crippen LogP contribution < -0.4 is 0 Å². The second-order valence-corrected chi connectivity index (χ2v) is 23.3. The Morgan fingerprint density at radius 1 is 0.272 bits per heavy atom. The quantitative estimate of drug-likeness (QED) is 0.0327. The third-order valence-corrected chi connectivity index (χ3v) is 16.9. The third kappa shape index (κ3) is 16.1. The normalized spacial score (nSPS) is 31.8. The number of aliphatic hydroxyl groups excluding tert-OH is 9. The van der Waals surface area contributed by atoms with Crippen molar-refractivity contribution in [3.63, 3.8) is 0 Å². The molecule has 4 saturated heterocycles. The predicted molar refractivity (Wildman–Crippen MR) is 328 cm³/mol. The van der Waals surface area contributed by atoms with Gasteiger partial charge >= 0.3 is 0 Å². The van der Waals surface area contributed by atoms with Crippen molar-refractivity contribution in [1.82, 2.24) is 0 Å². The van der Waals surface area contributed by atoms with Gasteiger partial charge in [0.25, 0.3) is 0 Å². The molecule has 4 fully saturated rings. The van der Waals surface area contributed by atoms with Gasteiger partial charge in [0, 0.05) is 0 Å². The molecule has 11 rings (SSSR count). The molecule has 0 unspecified atom stereocenters. The van der Waals surface area contributed by atoms with Crippen LogP contribution in [0.3, 0.4) is 0 Å². The summed E-state index contributed by atoms with van der Waals surface area (Å²) in [6.07, 6.45) is -33.6. The second kappa shape index (κ2) is 32.2. The molecule has 21 heteroatoms. The Bertz CT molecular complexity index is 3150. The van der Waals surface area contributed by atoms with E-state index in [1.54, 1.807) is 0 Å².